The van der Waals surface area contributed by atoms with Gasteiger partial charge in [0.15, 0.2) is 5.82 Å². The molecular weight excluding hydrogens is 374 g/mol. The van der Waals surface area contributed by atoms with Crippen LogP contribution in [0.2, 0.25) is 0 Å². The molecule has 0 amide bonds. The predicted octanol–water partition coefficient (Wildman–Crippen LogP) is 3.59. The Hall–Kier alpha value is -2.47. The number of nitrogens with one attached hydrogen (secondary N) is 1. The summed E-state index contributed by atoms with van der Waals surface area (Å²) < 4.78 is 6.14. The van der Waals surface area contributed by atoms with Crippen molar-refractivity contribution in [3.05, 3.63) is 42.1 Å². The number of fused-ring (bicyclic) bond motifs is 2. The van der Waals surface area contributed by atoms with Crippen LogP contribution in [0.15, 0.2) is 36.5 Å². The molecule has 30 heavy (non-hydrogen) atoms. The van der Waals surface area contributed by atoms with E-state index < -0.39 is 0 Å². The Morgan fingerprint density at radius 1 is 0.933 bits per heavy atom. The molecule has 1 N–H and O–H groups in total. The van der Waals surface area contributed by atoms with E-state index in [0.717, 1.165) is 70.4 Å². The van der Waals surface area contributed by atoms with Gasteiger partial charge in [-0.15, -0.1) is 0 Å². The summed E-state index contributed by atoms with van der Waals surface area (Å²) in [6.45, 7) is 8.50. The van der Waals surface area contributed by atoms with Crippen molar-refractivity contribution in [1.29, 1.82) is 0 Å². The van der Waals surface area contributed by atoms with Crippen LogP contribution in [0, 0.1) is 0 Å². The Morgan fingerprint density at radius 3 is 2.73 bits per heavy atom. The molecule has 160 valence electrons. The summed E-state index contributed by atoms with van der Waals surface area (Å²) in [5.74, 6) is 2.17. The van der Waals surface area contributed by atoms with E-state index in [9.17, 15) is 0 Å². The highest BCUT2D eigenvalue weighted by atomic mass is 16.5. The molecule has 0 unspecified atom stereocenters. The summed E-state index contributed by atoms with van der Waals surface area (Å²) >= 11 is 0. The van der Waals surface area contributed by atoms with Gasteiger partial charge in [-0.1, -0.05) is 12.1 Å². The van der Waals surface area contributed by atoms with Gasteiger partial charge in [0.2, 0.25) is 0 Å². The number of aromatic nitrogens is 1. The molecular formula is C24H33N5O. The smallest absolute Gasteiger partial charge is 0.150 e. The summed E-state index contributed by atoms with van der Waals surface area (Å²) in [6.07, 6.45) is 7.87. The molecule has 0 saturated carbocycles. The van der Waals surface area contributed by atoms with Crippen LogP contribution in [0.4, 0.5) is 17.2 Å². The molecule has 3 aliphatic rings. The van der Waals surface area contributed by atoms with Crippen LogP contribution in [0.5, 0.6) is 5.75 Å². The van der Waals surface area contributed by atoms with Gasteiger partial charge in [-0.25, -0.2) is 4.98 Å². The zero-order valence-electron chi connectivity index (χ0n) is 17.9. The first-order valence-electron chi connectivity index (χ1n) is 11.5. The summed E-state index contributed by atoms with van der Waals surface area (Å²) in [7, 11) is 0. The highest BCUT2D eigenvalue weighted by Gasteiger charge is 2.22. The van der Waals surface area contributed by atoms with Crippen molar-refractivity contribution < 1.29 is 4.74 Å². The van der Waals surface area contributed by atoms with Crippen LogP contribution >= 0.6 is 0 Å². The first kappa shape index (κ1) is 19.5. The number of unbranched alkanes of at least 4 members (excludes halogenated alkanes) is 1. The lowest BCUT2D eigenvalue weighted by atomic mass is 10.1. The third kappa shape index (κ3) is 4.19. The summed E-state index contributed by atoms with van der Waals surface area (Å²) in [6, 6.07) is 10.9. The number of anilines is 3. The van der Waals surface area contributed by atoms with Gasteiger partial charge in [0.05, 0.1) is 24.7 Å². The zero-order valence-corrected chi connectivity index (χ0v) is 17.9. The van der Waals surface area contributed by atoms with Crippen molar-refractivity contribution in [3.8, 4) is 5.75 Å². The van der Waals surface area contributed by atoms with E-state index >= 15 is 0 Å². The Bertz CT molecular complexity index is 849. The van der Waals surface area contributed by atoms with Crippen LogP contribution in [0.1, 0.15) is 31.2 Å². The maximum Gasteiger partial charge on any atom is 0.150 e. The second-order valence-electron chi connectivity index (χ2n) is 8.58. The molecule has 0 spiro atoms. The van der Waals surface area contributed by atoms with Gasteiger partial charge in [0, 0.05) is 38.9 Å². The lowest BCUT2D eigenvalue weighted by Gasteiger charge is -2.37. The van der Waals surface area contributed by atoms with Gasteiger partial charge in [-0.3, -0.25) is 4.90 Å². The van der Waals surface area contributed by atoms with Crippen molar-refractivity contribution >= 4 is 17.2 Å². The molecule has 6 nitrogen and oxygen atoms in total. The van der Waals surface area contributed by atoms with Gasteiger partial charge < -0.3 is 19.9 Å². The molecule has 0 bridgehead atoms. The molecule has 0 atom stereocenters. The van der Waals surface area contributed by atoms with Crippen LogP contribution < -0.4 is 19.9 Å². The van der Waals surface area contributed by atoms with E-state index in [1.807, 2.05) is 12.3 Å². The highest BCUT2D eigenvalue weighted by molar-refractivity contribution is 5.70. The number of para-hydroxylation sites is 1. The molecule has 1 aromatic heterocycles. The first-order chi connectivity index (χ1) is 14.9. The molecule has 1 aromatic carbocycles. The molecule has 0 radical (unpaired) electrons. The van der Waals surface area contributed by atoms with Crippen molar-refractivity contribution in [2.75, 3.05) is 67.7 Å². The van der Waals surface area contributed by atoms with Gasteiger partial charge in [0.25, 0.3) is 0 Å². The fourth-order valence-corrected chi connectivity index (χ4v) is 4.87. The summed E-state index contributed by atoms with van der Waals surface area (Å²) in [4.78, 5) is 12.0. The average Bonchev–Trinajstić information content (AvgIpc) is 3.04. The molecule has 3 aliphatic heterocycles. The van der Waals surface area contributed by atoms with Crippen molar-refractivity contribution in [2.45, 2.75) is 32.1 Å². The maximum absolute atomic E-state index is 6.14. The van der Waals surface area contributed by atoms with E-state index in [2.05, 4.69) is 49.3 Å². The first-order valence-corrected chi connectivity index (χ1v) is 11.5. The van der Waals surface area contributed by atoms with Gasteiger partial charge in [-0.2, -0.15) is 0 Å². The van der Waals surface area contributed by atoms with Gasteiger partial charge in [0.1, 0.15) is 5.75 Å². The fraction of sp³-hybridized carbons (Fsp3) is 0.542. The normalized spacial score (nSPS) is 18.9. The van der Waals surface area contributed by atoms with E-state index in [0.29, 0.717) is 0 Å². The standard InChI is InChI=1S/C24H33N5O/c1-4-18-30-23-20(7-1)8-5-9-21(23)28-16-14-27(15-17-28)12-2-3-13-29-19-26-24-22(29)10-6-11-25-24/h5-6,8-11H,1-4,7,12-19H2,(H,25,26). The van der Waals surface area contributed by atoms with Gasteiger partial charge >= 0.3 is 0 Å². The second kappa shape index (κ2) is 9.13. The average molecular weight is 408 g/mol. The van der Waals surface area contributed by atoms with Gasteiger partial charge in [-0.05, 0) is 62.4 Å². The highest BCUT2D eigenvalue weighted by Crippen LogP contribution is 2.35. The monoisotopic (exact) mass is 407 g/mol. The number of aryl methyl sites for hydroxylation is 1. The zero-order chi connectivity index (χ0) is 20.2. The number of hydrogen-bond acceptors (Lipinski definition) is 6. The largest absolute Gasteiger partial charge is 0.491 e. The van der Waals surface area contributed by atoms with Crippen molar-refractivity contribution in [3.63, 3.8) is 0 Å². The lowest BCUT2D eigenvalue weighted by Crippen LogP contribution is -2.46. The SMILES string of the molecule is c1cnc2c(c1)N(CCCCN1CCN(c3cccc4c3OCCCC4)CC1)CN2. The van der Waals surface area contributed by atoms with E-state index in [1.165, 1.54) is 42.7 Å². The van der Waals surface area contributed by atoms with Crippen LogP contribution in [-0.2, 0) is 6.42 Å². The topological polar surface area (TPSA) is 43.9 Å². The lowest BCUT2D eigenvalue weighted by molar-refractivity contribution is 0.251. The minimum absolute atomic E-state index is 0.858. The van der Waals surface area contributed by atoms with Crippen molar-refractivity contribution in [1.82, 2.24) is 9.88 Å². The molecule has 0 aliphatic carbocycles. The van der Waals surface area contributed by atoms with Crippen LogP contribution in [0.25, 0.3) is 0 Å². The molecule has 5 rings (SSSR count). The number of nitrogens with zero attached hydrogens (tertiary/aromatic N) is 4. The second-order valence-corrected chi connectivity index (χ2v) is 8.58. The predicted molar refractivity (Wildman–Crippen MR) is 123 cm³/mol. The molecule has 6 heteroatoms. The number of rotatable bonds is 6. The third-order valence-electron chi connectivity index (χ3n) is 6.59. The van der Waals surface area contributed by atoms with E-state index in [4.69, 9.17) is 4.74 Å². The Morgan fingerprint density at radius 2 is 1.80 bits per heavy atom. The molecule has 4 heterocycles. The van der Waals surface area contributed by atoms with E-state index in [-0.39, 0.29) is 0 Å². The maximum atomic E-state index is 6.14. The van der Waals surface area contributed by atoms with E-state index in [1.54, 1.807) is 0 Å². The minimum Gasteiger partial charge on any atom is -0.491 e. The summed E-state index contributed by atoms with van der Waals surface area (Å²) in [5, 5.41) is 3.38. The number of piperazine rings is 1. The fourth-order valence-electron chi connectivity index (χ4n) is 4.87. The minimum atomic E-state index is 0.858. The van der Waals surface area contributed by atoms with Crippen LogP contribution in [0.3, 0.4) is 0 Å². The van der Waals surface area contributed by atoms with Crippen molar-refractivity contribution in [2.24, 2.45) is 0 Å². The Balaban J connectivity index is 1.08. The Labute approximate surface area is 179 Å². The number of pyridine rings is 1. The quantitative estimate of drug-likeness (QED) is 0.739. The van der Waals surface area contributed by atoms with Crippen LogP contribution in [-0.4, -0.2) is 62.4 Å². The number of ether oxygens (including phenoxy) is 1. The summed E-state index contributed by atoms with van der Waals surface area (Å²) in [5.41, 5.74) is 3.94. The number of hydrogen-bond donors (Lipinski definition) is 1. The number of benzene rings is 1. The third-order valence-corrected chi connectivity index (χ3v) is 6.59. The Kier molecular flexibility index (Phi) is 5.93. The molecule has 1 saturated heterocycles. The molecule has 1 fully saturated rings. The molecule has 2 aromatic rings.